The highest BCUT2D eigenvalue weighted by atomic mass is 32.4. The lowest BCUT2D eigenvalue weighted by Crippen LogP contribution is -2.37. The molecular formula is C22H40NPS. The Balaban J connectivity index is 3.03. The van der Waals surface area contributed by atoms with E-state index in [1.807, 2.05) is 0 Å². The first-order valence-electron chi connectivity index (χ1n) is 10.3. The molecule has 1 atom stereocenters. The Hall–Kier alpha value is -0.170. The van der Waals surface area contributed by atoms with E-state index >= 15 is 0 Å². The van der Waals surface area contributed by atoms with E-state index in [9.17, 15) is 0 Å². The number of rotatable bonds is 12. The van der Waals surface area contributed by atoms with Gasteiger partial charge in [0.15, 0.2) is 0 Å². The predicted octanol–water partition coefficient (Wildman–Crippen LogP) is 6.97. The molecule has 0 fully saturated rings. The van der Waals surface area contributed by atoms with E-state index in [0.29, 0.717) is 0 Å². The summed E-state index contributed by atoms with van der Waals surface area (Å²) in [5.41, 5.74) is 0. The third-order valence-electron chi connectivity index (χ3n) is 4.95. The molecule has 0 saturated heterocycles. The first kappa shape index (κ1) is 22.9. The van der Waals surface area contributed by atoms with E-state index in [1.165, 1.54) is 56.7 Å². The summed E-state index contributed by atoms with van der Waals surface area (Å²) in [6.07, 6.45) is 8.69. The van der Waals surface area contributed by atoms with Crippen LogP contribution in [0.3, 0.4) is 0 Å². The first-order chi connectivity index (χ1) is 11.9. The molecule has 3 heteroatoms. The maximum atomic E-state index is 6.52. The molecule has 1 unspecified atom stereocenters. The van der Waals surface area contributed by atoms with Gasteiger partial charge >= 0.3 is 0 Å². The summed E-state index contributed by atoms with van der Waals surface area (Å²) in [4.78, 5) is 0. The zero-order chi connectivity index (χ0) is 18.8. The van der Waals surface area contributed by atoms with Crippen molar-refractivity contribution in [2.75, 3.05) is 13.1 Å². The Kier molecular flexibility index (Phi) is 10.5. The topological polar surface area (TPSA) is 3.24 Å². The highest BCUT2D eigenvalue weighted by Crippen LogP contribution is 2.60. The van der Waals surface area contributed by atoms with Crippen molar-refractivity contribution >= 4 is 23.3 Å². The van der Waals surface area contributed by atoms with Crippen LogP contribution in [0.2, 0.25) is 0 Å². The minimum atomic E-state index is -1.80. The standard InChI is InChI=1S/C22H40NPS/c1-6-8-10-15-19-23(20-16-11-9-7-2)24(25,22(3,4)5)21-17-13-12-14-18-21/h12-14,17-18H,6-11,15-16,19-20H2,1-5H3. The van der Waals surface area contributed by atoms with Gasteiger partial charge in [-0.2, -0.15) is 0 Å². The number of unbranched alkanes of at least 4 members (excludes halogenated alkanes) is 6. The van der Waals surface area contributed by atoms with Crippen molar-refractivity contribution in [3.8, 4) is 0 Å². The van der Waals surface area contributed by atoms with Crippen molar-refractivity contribution in [1.82, 2.24) is 4.67 Å². The first-order valence-corrected chi connectivity index (χ1v) is 13.0. The van der Waals surface area contributed by atoms with Gasteiger partial charge in [0.05, 0.1) is 0 Å². The van der Waals surface area contributed by atoms with Crippen molar-refractivity contribution < 1.29 is 0 Å². The largest absolute Gasteiger partial charge is 0.271 e. The van der Waals surface area contributed by atoms with E-state index in [1.54, 1.807) is 0 Å². The van der Waals surface area contributed by atoms with Gasteiger partial charge in [-0.1, -0.05) is 115 Å². The van der Waals surface area contributed by atoms with Gasteiger partial charge in [-0.15, -0.1) is 0 Å². The molecule has 0 aromatic heterocycles. The van der Waals surface area contributed by atoms with Crippen molar-refractivity contribution in [2.24, 2.45) is 0 Å². The summed E-state index contributed by atoms with van der Waals surface area (Å²) >= 11 is 6.52. The van der Waals surface area contributed by atoms with Gasteiger partial charge in [0.1, 0.15) is 0 Å². The summed E-state index contributed by atoms with van der Waals surface area (Å²) in [5, 5.41) is 1.52. The molecule has 144 valence electrons. The van der Waals surface area contributed by atoms with E-state index in [0.717, 1.165) is 13.1 Å². The van der Waals surface area contributed by atoms with Gasteiger partial charge in [0.2, 0.25) is 0 Å². The summed E-state index contributed by atoms with van der Waals surface area (Å²) in [7, 11) is 0. The van der Waals surface area contributed by atoms with Gasteiger partial charge in [-0.25, -0.2) is 0 Å². The second kappa shape index (κ2) is 11.5. The number of hydrogen-bond acceptors (Lipinski definition) is 1. The highest BCUT2D eigenvalue weighted by molar-refractivity contribution is 8.17. The fraction of sp³-hybridized carbons (Fsp3) is 0.727. The molecule has 1 nitrogen and oxygen atoms in total. The fourth-order valence-electron chi connectivity index (χ4n) is 3.44. The van der Waals surface area contributed by atoms with E-state index < -0.39 is 6.19 Å². The smallest absolute Gasteiger partial charge is 0.0480 e. The normalized spacial score (nSPS) is 14.6. The fourth-order valence-corrected chi connectivity index (χ4v) is 7.67. The molecule has 1 rings (SSSR count). The van der Waals surface area contributed by atoms with Crippen LogP contribution in [0.25, 0.3) is 0 Å². The Morgan fingerprint density at radius 3 is 1.68 bits per heavy atom. The lowest BCUT2D eigenvalue weighted by Gasteiger charge is -2.44. The average Bonchev–Trinajstić information content (AvgIpc) is 2.59. The second-order valence-corrected chi connectivity index (χ2v) is 13.3. The van der Waals surface area contributed by atoms with E-state index in [2.05, 4.69) is 69.6 Å². The average molecular weight is 382 g/mol. The minimum Gasteiger partial charge on any atom is -0.271 e. The predicted molar refractivity (Wildman–Crippen MR) is 120 cm³/mol. The summed E-state index contributed by atoms with van der Waals surface area (Å²) in [6, 6.07) is 11.0. The quantitative estimate of drug-likeness (QED) is 0.284. The molecule has 0 aliphatic heterocycles. The van der Waals surface area contributed by atoms with Crippen LogP contribution < -0.4 is 5.30 Å². The molecule has 25 heavy (non-hydrogen) atoms. The van der Waals surface area contributed by atoms with Crippen LogP contribution >= 0.6 is 6.19 Å². The van der Waals surface area contributed by atoms with E-state index in [-0.39, 0.29) is 5.16 Å². The molecule has 0 N–H and O–H groups in total. The van der Waals surface area contributed by atoms with Crippen molar-refractivity contribution in [3.05, 3.63) is 30.3 Å². The van der Waals surface area contributed by atoms with Crippen molar-refractivity contribution in [2.45, 2.75) is 91.1 Å². The third kappa shape index (κ3) is 6.81. The molecule has 0 heterocycles. The van der Waals surface area contributed by atoms with Crippen LogP contribution in [-0.4, -0.2) is 22.9 Å². The maximum absolute atomic E-state index is 6.52. The lowest BCUT2D eigenvalue weighted by molar-refractivity contribution is 0.409. The van der Waals surface area contributed by atoms with Crippen molar-refractivity contribution in [1.29, 1.82) is 0 Å². The monoisotopic (exact) mass is 381 g/mol. The summed E-state index contributed by atoms with van der Waals surface area (Å²) < 4.78 is 2.73. The Labute approximate surface area is 162 Å². The van der Waals surface area contributed by atoms with Crippen LogP contribution in [0.15, 0.2) is 30.3 Å². The molecule has 0 spiro atoms. The van der Waals surface area contributed by atoms with Gasteiger partial charge in [-0.05, 0) is 18.1 Å². The number of nitrogens with zero attached hydrogens (tertiary/aromatic N) is 1. The Morgan fingerprint density at radius 1 is 0.800 bits per heavy atom. The molecule has 0 radical (unpaired) electrons. The van der Waals surface area contributed by atoms with Crippen LogP contribution in [0, 0.1) is 0 Å². The Bertz CT molecular complexity index is 495. The van der Waals surface area contributed by atoms with Crippen LogP contribution in [0.5, 0.6) is 0 Å². The lowest BCUT2D eigenvalue weighted by atomic mass is 10.2. The molecular weight excluding hydrogens is 341 g/mol. The SMILES string of the molecule is CCCCCCN(CCCCCC)P(=S)(c1ccccc1)C(C)(C)C. The Morgan fingerprint density at radius 2 is 1.28 bits per heavy atom. The van der Waals surface area contributed by atoms with Gasteiger partial charge < -0.3 is 0 Å². The van der Waals surface area contributed by atoms with Crippen molar-refractivity contribution in [3.63, 3.8) is 0 Å². The summed E-state index contributed by atoms with van der Waals surface area (Å²) in [6.45, 7) is 14.0. The molecule has 0 amide bonds. The zero-order valence-electron chi connectivity index (χ0n) is 17.3. The van der Waals surface area contributed by atoms with Crippen LogP contribution in [0.1, 0.15) is 86.0 Å². The molecule has 0 aliphatic carbocycles. The van der Waals surface area contributed by atoms with Gasteiger partial charge in [0.25, 0.3) is 0 Å². The highest BCUT2D eigenvalue weighted by Gasteiger charge is 2.38. The number of benzene rings is 1. The van der Waals surface area contributed by atoms with Gasteiger partial charge in [-0.3, -0.25) is 4.67 Å². The second-order valence-electron chi connectivity index (χ2n) is 8.16. The zero-order valence-corrected chi connectivity index (χ0v) is 19.0. The molecule has 0 aliphatic rings. The number of hydrogen-bond donors (Lipinski definition) is 0. The molecule has 1 aromatic rings. The maximum Gasteiger partial charge on any atom is 0.0480 e. The molecule has 0 bridgehead atoms. The third-order valence-corrected chi connectivity index (χ3v) is 11.9. The molecule has 1 aromatic carbocycles. The van der Waals surface area contributed by atoms with Gasteiger partial charge in [0, 0.05) is 24.4 Å². The molecule has 0 saturated carbocycles. The van der Waals surface area contributed by atoms with Crippen LogP contribution in [0.4, 0.5) is 0 Å². The summed E-state index contributed by atoms with van der Waals surface area (Å²) in [5.74, 6) is 0. The van der Waals surface area contributed by atoms with E-state index in [4.69, 9.17) is 11.8 Å². The minimum absolute atomic E-state index is 0.124. The van der Waals surface area contributed by atoms with Crippen LogP contribution in [-0.2, 0) is 11.8 Å².